The molecule has 0 amide bonds. The Morgan fingerprint density at radius 1 is 1.40 bits per heavy atom. The normalized spacial score (nSPS) is 10.1. The molecule has 0 unspecified atom stereocenters. The van der Waals surface area contributed by atoms with Crippen molar-refractivity contribution >= 4 is 11.5 Å². The van der Waals surface area contributed by atoms with E-state index in [1.54, 1.807) is 31.3 Å². The molecule has 2 heterocycles. The first kappa shape index (κ1) is 13.7. The van der Waals surface area contributed by atoms with Crippen molar-refractivity contribution in [2.24, 2.45) is 0 Å². The highest BCUT2D eigenvalue weighted by Gasteiger charge is 2.19. The van der Waals surface area contributed by atoms with Crippen molar-refractivity contribution in [2.45, 2.75) is 13.8 Å². The van der Waals surface area contributed by atoms with E-state index in [2.05, 4.69) is 15.3 Å². The number of aromatic nitrogens is 2. The Kier molecular flexibility index (Phi) is 4.09. The van der Waals surface area contributed by atoms with Gasteiger partial charge >= 0.3 is 11.6 Å². The molecule has 2 rings (SSSR count). The molecule has 2 aromatic rings. The third-order valence-corrected chi connectivity index (χ3v) is 2.56. The van der Waals surface area contributed by atoms with Gasteiger partial charge in [-0.2, -0.15) is 4.98 Å². The molecule has 0 saturated carbocycles. The van der Waals surface area contributed by atoms with Gasteiger partial charge in [0.2, 0.25) is 0 Å². The highest BCUT2D eigenvalue weighted by Crippen LogP contribution is 2.31. The van der Waals surface area contributed by atoms with Crippen molar-refractivity contribution in [1.29, 1.82) is 0 Å². The average Bonchev–Trinajstić information content (AvgIpc) is 2.42. The lowest BCUT2D eigenvalue weighted by atomic mass is 10.3. The number of anilines is 1. The Balaban J connectivity index is 2.40. The first-order valence-electron chi connectivity index (χ1n) is 6.10. The van der Waals surface area contributed by atoms with Gasteiger partial charge in [0, 0.05) is 18.8 Å². The van der Waals surface area contributed by atoms with Crippen LogP contribution in [0.25, 0.3) is 0 Å². The van der Waals surface area contributed by atoms with E-state index in [1.165, 1.54) is 6.07 Å². The van der Waals surface area contributed by atoms with Crippen LogP contribution in [0.5, 0.6) is 11.6 Å². The molecular weight excluding hydrogens is 260 g/mol. The molecule has 0 bridgehead atoms. The Bertz CT molecular complexity index is 631. The zero-order chi connectivity index (χ0) is 14.5. The van der Waals surface area contributed by atoms with E-state index in [0.29, 0.717) is 23.8 Å². The summed E-state index contributed by atoms with van der Waals surface area (Å²) < 4.78 is 5.53. The first-order chi connectivity index (χ1) is 9.61. The summed E-state index contributed by atoms with van der Waals surface area (Å²) in [4.78, 5) is 18.7. The molecule has 20 heavy (non-hydrogen) atoms. The smallest absolute Gasteiger partial charge is 0.331 e. The second kappa shape index (κ2) is 5.96. The quantitative estimate of drug-likeness (QED) is 0.666. The van der Waals surface area contributed by atoms with E-state index in [-0.39, 0.29) is 11.6 Å². The predicted molar refractivity (Wildman–Crippen MR) is 74.1 cm³/mol. The van der Waals surface area contributed by atoms with E-state index in [4.69, 9.17) is 4.74 Å². The van der Waals surface area contributed by atoms with Crippen molar-refractivity contribution in [3.8, 4) is 11.6 Å². The number of ether oxygens (including phenoxy) is 1. The summed E-state index contributed by atoms with van der Waals surface area (Å²) in [6.07, 6.45) is 1.62. The number of aryl methyl sites for hydroxylation is 1. The number of hydrogen-bond acceptors (Lipinski definition) is 6. The lowest BCUT2D eigenvalue weighted by Gasteiger charge is -2.09. The van der Waals surface area contributed by atoms with Gasteiger partial charge in [-0.25, -0.2) is 0 Å². The molecule has 0 fully saturated rings. The van der Waals surface area contributed by atoms with E-state index >= 15 is 0 Å². The van der Waals surface area contributed by atoms with Crippen molar-refractivity contribution in [3.63, 3.8) is 0 Å². The van der Waals surface area contributed by atoms with Gasteiger partial charge in [-0.05, 0) is 32.0 Å². The fourth-order valence-electron chi connectivity index (χ4n) is 1.61. The molecule has 0 aliphatic rings. The summed E-state index contributed by atoms with van der Waals surface area (Å²) in [5.74, 6) is 0.913. The third kappa shape index (κ3) is 3.00. The minimum Gasteiger partial charge on any atom is -0.432 e. The van der Waals surface area contributed by atoms with Gasteiger partial charge in [0.15, 0.2) is 5.75 Å². The van der Waals surface area contributed by atoms with E-state index in [9.17, 15) is 10.1 Å². The average molecular weight is 274 g/mol. The van der Waals surface area contributed by atoms with Crippen LogP contribution < -0.4 is 10.1 Å². The van der Waals surface area contributed by atoms with Crippen LogP contribution >= 0.6 is 0 Å². The summed E-state index contributed by atoms with van der Waals surface area (Å²) in [5.41, 5.74) is 0.451. The van der Waals surface area contributed by atoms with E-state index in [1.807, 2.05) is 6.92 Å². The highest BCUT2D eigenvalue weighted by molar-refractivity contribution is 5.50. The lowest BCUT2D eigenvalue weighted by molar-refractivity contribution is -0.386. The monoisotopic (exact) mass is 274 g/mol. The first-order valence-corrected chi connectivity index (χ1v) is 6.10. The second-order valence-electron chi connectivity index (χ2n) is 4.00. The summed E-state index contributed by atoms with van der Waals surface area (Å²) >= 11 is 0. The van der Waals surface area contributed by atoms with Gasteiger partial charge < -0.3 is 10.1 Å². The van der Waals surface area contributed by atoms with E-state index in [0.717, 1.165) is 0 Å². The minimum atomic E-state index is -0.524. The van der Waals surface area contributed by atoms with Crippen LogP contribution in [0.3, 0.4) is 0 Å². The number of rotatable bonds is 5. The zero-order valence-corrected chi connectivity index (χ0v) is 11.2. The summed E-state index contributed by atoms with van der Waals surface area (Å²) in [6, 6.07) is 6.30. The minimum absolute atomic E-state index is 0.0513. The topological polar surface area (TPSA) is 90.2 Å². The number of pyridine rings is 2. The van der Waals surface area contributed by atoms with Crippen LogP contribution in [0.1, 0.15) is 12.6 Å². The zero-order valence-electron chi connectivity index (χ0n) is 11.2. The number of nitro groups is 1. The molecule has 7 heteroatoms. The molecule has 0 aliphatic carbocycles. The predicted octanol–water partition coefficient (Wildman–Crippen LogP) is 2.92. The molecule has 7 nitrogen and oxygen atoms in total. The number of nitrogens with one attached hydrogen (secondary N) is 1. The maximum atomic E-state index is 11.0. The van der Waals surface area contributed by atoms with Gasteiger partial charge in [0.05, 0.1) is 10.6 Å². The SMILES string of the molecule is CCNc1ccc([N+](=O)[O-])c(Oc2cccnc2C)n1. The van der Waals surface area contributed by atoms with Gasteiger partial charge in [-0.3, -0.25) is 15.1 Å². The molecule has 0 atom stereocenters. The highest BCUT2D eigenvalue weighted by atomic mass is 16.6. The van der Waals surface area contributed by atoms with Gasteiger partial charge in [-0.15, -0.1) is 0 Å². The van der Waals surface area contributed by atoms with Crippen LogP contribution in [0.2, 0.25) is 0 Å². The van der Waals surface area contributed by atoms with Gasteiger partial charge in [0.25, 0.3) is 0 Å². The van der Waals surface area contributed by atoms with Crippen LogP contribution in [0, 0.1) is 17.0 Å². The van der Waals surface area contributed by atoms with Crippen LogP contribution in [-0.4, -0.2) is 21.4 Å². The molecular formula is C13H14N4O3. The van der Waals surface area contributed by atoms with Crippen molar-refractivity contribution in [1.82, 2.24) is 9.97 Å². The largest absolute Gasteiger partial charge is 0.432 e. The van der Waals surface area contributed by atoms with Crippen molar-refractivity contribution < 1.29 is 9.66 Å². The third-order valence-electron chi connectivity index (χ3n) is 2.56. The van der Waals surface area contributed by atoms with Gasteiger partial charge in [-0.1, -0.05) is 0 Å². The molecule has 104 valence electrons. The number of nitrogens with zero attached hydrogens (tertiary/aromatic N) is 3. The molecule has 0 aromatic carbocycles. The Morgan fingerprint density at radius 3 is 2.85 bits per heavy atom. The second-order valence-corrected chi connectivity index (χ2v) is 4.00. The molecule has 0 saturated heterocycles. The summed E-state index contributed by atoms with van der Waals surface area (Å²) in [5, 5.41) is 14.0. The van der Waals surface area contributed by atoms with Crippen molar-refractivity contribution in [2.75, 3.05) is 11.9 Å². The molecule has 1 N–H and O–H groups in total. The van der Waals surface area contributed by atoms with Crippen LogP contribution in [0.15, 0.2) is 30.5 Å². The molecule has 0 radical (unpaired) electrons. The lowest BCUT2D eigenvalue weighted by Crippen LogP contribution is -2.03. The molecule has 0 spiro atoms. The maximum Gasteiger partial charge on any atom is 0.331 e. The van der Waals surface area contributed by atoms with Crippen LogP contribution in [-0.2, 0) is 0 Å². The Labute approximate surface area is 115 Å². The van der Waals surface area contributed by atoms with Gasteiger partial charge in [0.1, 0.15) is 5.82 Å². The number of hydrogen-bond donors (Lipinski definition) is 1. The maximum absolute atomic E-state index is 11.0. The Morgan fingerprint density at radius 2 is 2.20 bits per heavy atom. The summed E-state index contributed by atoms with van der Waals surface area (Å²) in [6.45, 7) is 4.33. The molecule has 0 aliphatic heterocycles. The standard InChI is InChI=1S/C13H14N4O3/c1-3-14-12-7-6-10(17(18)19)13(16-12)20-11-5-4-8-15-9(11)2/h4-8H,3H2,1-2H3,(H,14,16). The fourth-order valence-corrected chi connectivity index (χ4v) is 1.61. The Hall–Kier alpha value is -2.70. The van der Waals surface area contributed by atoms with E-state index < -0.39 is 4.92 Å². The van der Waals surface area contributed by atoms with Crippen molar-refractivity contribution in [3.05, 3.63) is 46.3 Å². The summed E-state index contributed by atoms with van der Waals surface area (Å²) in [7, 11) is 0. The fraction of sp³-hybridized carbons (Fsp3) is 0.231. The molecule has 2 aromatic heterocycles. The van der Waals surface area contributed by atoms with Crippen LogP contribution in [0.4, 0.5) is 11.5 Å².